The lowest BCUT2D eigenvalue weighted by Crippen LogP contribution is -2.06. The molecule has 0 aliphatic heterocycles. The number of nitrogens with zero attached hydrogens (tertiary/aromatic N) is 1. The number of nitriles is 1. The van der Waals surface area contributed by atoms with Crippen LogP contribution in [0, 0.1) is 16.7 Å². The Labute approximate surface area is 277 Å². The van der Waals surface area contributed by atoms with Crippen molar-refractivity contribution in [1.82, 2.24) is 0 Å². The molecule has 0 amide bonds. The zero-order chi connectivity index (χ0) is 31.2. The number of allylic oxidation sites excluding steroid dienone is 1. The highest BCUT2D eigenvalue weighted by Crippen LogP contribution is 2.14. The molecular weight excluding hydrogens is 558 g/mol. The number of hydrogen-bond donors (Lipinski definition) is 2. The van der Waals surface area contributed by atoms with Crippen molar-refractivity contribution in [2.75, 3.05) is 0 Å². The van der Waals surface area contributed by atoms with E-state index < -0.39 is 0 Å². The van der Waals surface area contributed by atoms with E-state index in [1.54, 1.807) is 0 Å². The van der Waals surface area contributed by atoms with Crippen molar-refractivity contribution in [2.45, 2.75) is 142 Å². The Morgan fingerprint density at radius 2 is 0.977 bits per heavy atom. The fourth-order valence-electron chi connectivity index (χ4n) is 5.09. The summed E-state index contributed by atoms with van der Waals surface area (Å²) in [7, 11) is 0. The number of amidine groups is 1. The second-order valence-corrected chi connectivity index (χ2v) is 11.8. The Kier molecular flexibility index (Phi) is 28.3. The van der Waals surface area contributed by atoms with Gasteiger partial charge in [-0.3, -0.25) is 5.41 Å². The standard InChI is InChI=1S/C20H32N2.C20H29N.ClH/c1-2-3-4-5-6-7-8-9-11-18-14-16-19(17-15-18)12-10-13-20(21)22;1-2-3-4-5-6-7-8-9-12-19-14-16-20(17-15-19)13-10-11-18-21;/h10,12,14-17H,2-9,11,13H2,1H3,(H3,21,22);10,13-17H,2-9,11-12H2,1H3;1H/b12-10+;13-10+;. The molecule has 4 heteroatoms. The Morgan fingerprint density at radius 1 is 0.614 bits per heavy atom. The maximum absolute atomic E-state index is 8.49. The van der Waals surface area contributed by atoms with Crippen molar-refractivity contribution >= 4 is 30.4 Å². The number of benzene rings is 2. The van der Waals surface area contributed by atoms with E-state index in [1.165, 1.54) is 138 Å². The van der Waals surface area contributed by atoms with Gasteiger partial charge in [0.1, 0.15) is 0 Å². The fraction of sp³-hybridized carbons (Fsp3) is 0.550. The van der Waals surface area contributed by atoms with Crippen molar-refractivity contribution in [1.29, 1.82) is 10.7 Å². The van der Waals surface area contributed by atoms with Gasteiger partial charge in [-0.25, -0.2) is 0 Å². The molecule has 3 nitrogen and oxygen atoms in total. The van der Waals surface area contributed by atoms with Gasteiger partial charge in [0, 0.05) is 6.42 Å². The molecule has 0 unspecified atom stereocenters. The summed E-state index contributed by atoms with van der Waals surface area (Å²) in [5, 5.41) is 15.7. The van der Waals surface area contributed by atoms with E-state index in [9.17, 15) is 0 Å². The first-order valence-electron chi connectivity index (χ1n) is 17.3. The Balaban J connectivity index is 0.000000823. The molecule has 244 valence electrons. The van der Waals surface area contributed by atoms with Crippen molar-refractivity contribution in [2.24, 2.45) is 5.73 Å². The lowest BCUT2D eigenvalue weighted by Gasteiger charge is -2.03. The van der Waals surface area contributed by atoms with Gasteiger partial charge in [0.15, 0.2) is 0 Å². The van der Waals surface area contributed by atoms with Crippen LogP contribution in [0.3, 0.4) is 0 Å². The van der Waals surface area contributed by atoms with Crippen molar-refractivity contribution in [3.05, 3.63) is 82.9 Å². The zero-order valence-electron chi connectivity index (χ0n) is 28.0. The molecule has 0 aliphatic carbocycles. The number of hydrogen-bond acceptors (Lipinski definition) is 2. The largest absolute Gasteiger partial charge is 0.387 e. The third kappa shape index (κ3) is 24.6. The molecule has 2 aromatic carbocycles. The Bertz CT molecular complexity index is 1030. The highest BCUT2D eigenvalue weighted by Gasteiger charge is 1.97. The number of halogens is 1. The molecule has 0 atom stereocenters. The van der Waals surface area contributed by atoms with Gasteiger partial charge in [-0.15, -0.1) is 12.4 Å². The Hall–Kier alpha value is -2.83. The van der Waals surface area contributed by atoms with Gasteiger partial charge in [0.2, 0.25) is 0 Å². The predicted octanol–water partition coefficient (Wildman–Crippen LogP) is 12.4. The number of nitrogens with two attached hydrogens (primary N) is 1. The van der Waals surface area contributed by atoms with Gasteiger partial charge in [0.25, 0.3) is 0 Å². The number of rotatable bonds is 23. The quantitative estimate of drug-likeness (QED) is 0.0737. The average molecular weight is 620 g/mol. The van der Waals surface area contributed by atoms with Crippen LogP contribution in [-0.4, -0.2) is 5.84 Å². The summed E-state index contributed by atoms with van der Waals surface area (Å²) in [6.45, 7) is 4.54. The van der Waals surface area contributed by atoms with Crippen LogP contribution in [0.1, 0.15) is 152 Å². The number of aryl methyl sites for hydroxylation is 2. The van der Waals surface area contributed by atoms with Crippen LogP contribution in [0.15, 0.2) is 60.7 Å². The minimum absolute atomic E-state index is 0. The number of unbranched alkanes of at least 4 members (excludes halogenated alkanes) is 14. The summed E-state index contributed by atoms with van der Waals surface area (Å²) in [5.74, 6) is 0.211. The van der Waals surface area contributed by atoms with Crippen LogP contribution in [0.5, 0.6) is 0 Å². The highest BCUT2D eigenvalue weighted by molar-refractivity contribution is 5.85. The van der Waals surface area contributed by atoms with Gasteiger partial charge in [-0.2, -0.15) is 5.26 Å². The van der Waals surface area contributed by atoms with Crippen molar-refractivity contribution in [3.8, 4) is 6.07 Å². The highest BCUT2D eigenvalue weighted by atomic mass is 35.5. The Morgan fingerprint density at radius 3 is 1.34 bits per heavy atom. The normalized spacial score (nSPS) is 10.8. The van der Waals surface area contributed by atoms with Crippen LogP contribution in [0.4, 0.5) is 0 Å². The second-order valence-electron chi connectivity index (χ2n) is 11.8. The third-order valence-corrected chi connectivity index (χ3v) is 7.76. The topological polar surface area (TPSA) is 73.7 Å². The molecule has 44 heavy (non-hydrogen) atoms. The lowest BCUT2D eigenvalue weighted by molar-refractivity contribution is 0.575. The monoisotopic (exact) mass is 619 g/mol. The molecule has 0 fully saturated rings. The van der Waals surface area contributed by atoms with Crippen LogP contribution >= 0.6 is 12.4 Å². The minimum atomic E-state index is 0. The smallest absolute Gasteiger partial charge is 0.0943 e. The fourth-order valence-corrected chi connectivity index (χ4v) is 5.09. The van der Waals surface area contributed by atoms with E-state index in [2.05, 4.69) is 68.4 Å². The van der Waals surface area contributed by atoms with Crippen molar-refractivity contribution in [3.63, 3.8) is 0 Å². The second kappa shape index (κ2) is 30.2. The van der Waals surface area contributed by atoms with Gasteiger partial charge in [0.05, 0.1) is 18.3 Å². The molecule has 0 aromatic heterocycles. The van der Waals surface area contributed by atoms with Gasteiger partial charge >= 0.3 is 0 Å². The summed E-state index contributed by atoms with van der Waals surface area (Å²) in [4.78, 5) is 0. The predicted molar refractivity (Wildman–Crippen MR) is 198 cm³/mol. The van der Waals surface area contributed by atoms with Gasteiger partial charge < -0.3 is 5.73 Å². The van der Waals surface area contributed by atoms with Crippen molar-refractivity contribution < 1.29 is 0 Å². The SMILES string of the molecule is CCCCCCCCCCc1ccc(/C=C/CC#N)cc1.CCCCCCCCCCc1ccc(/C=C/CC(=N)N)cc1.Cl. The molecule has 0 radical (unpaired) electrons. The first-order chi connectivity index (χ1) is 21.1. The van der Waals surface area contributed by atoms with Gasteiger partial charge in [-0.05, 0) is 47.9 Å². The van der Waals surface area contributed by atoms with Crippen LogP contribution < -0.4 is 5.73 Å². The molecule has 0 heterocycles. The summed E-state index contributed by atoms with van der Waals surface area (Å²) in [5.41, 5.74) is 10.5. The average Bonchev–Trinajstić information content (AvgIpc) is 3.01. The molecule has 0 aliphatic rings. The molecular formula is C40H62ClN3. The molecule has 3 N–H and O–H groups in total. The maximum Gasteiger partial charge on any atom is 0.0943 e. The first-order valence-corrected chi connectivity index (χ1v) is 17.3. The molecule has 2 aromatic rings. The van der Waals surface area contributed by atoms with E-state index in [1.807, 2.05) is 24.3 Å². The van der Waals surface area contributed by atoms with E-state index in [0.717, 1.165) is 0 Å². The van der Waals surface area contributed by atoms with Crippen LogP contribution in [0.25, 0.3) is 12.2 Å². The third-order valence-electron chi connectivity index (χ3n) is 7.76. The summed E-state index contributed by atoms with van der Waals surface area (Å²) in [6, 6.07) is 19.6. The van der Waals surface area contributed by atoms with Crippen LogP contribution in [-0.2, 0) is 12.8 Å². The summed E-state index contributed by atoms with van der Waals surface area (Å²) >= 11 is 0. The summed E-state index contributed by atoms with van der Waals surface area (Å²) < 4.78 is 0. The molecule has 2 rings (SSSR count). The molecule has 0 saturated heterocycles. The summed E-state index contributed by atoms with van der Waals surface area (Å²) in [6.07, 6.45) is 33.3. The molecule has 0 bridgehead atoms. The molecule has 0 saturated carbocycles. The van der Waals surface area contributed by atoms with Gasteiger partial charge in [-0.1, -0.05) is 177 Å². The van der Waals surface area contributed by atoms with Crippen LogP contribution in [0.2, 0.25) is 0 Å². The van der Waals surface area contributed by atoms with E-state index >= 15 is 0 Å². The lowest BCUT2D eigenvalue weighted by atomic mass is 10.0. The number of nitrogens with one attached hydrogen (secondary N) is 1. The minimum Gasteiger partial charge on any atom is -0.387 e. The molecule has 0 spiro atoms. The van der Waals surface area contributed by atoms with E-state index in [-0.39, 0.29) is 18.2 Å². The zero-order valence-corrected chi connectivity index (χ0v) is 28.8. The van der Waals surface area contributed by atoms with E-state index in [0.29, 0.717) is 12.8 Å². The van der Waals surface area contributed by atoms with E-state index in [4.69, 9.17) is 16.4 Å². The first kappa shape index (κ1) is 41.2. The maximum atomic E-state index is 8.49.